The van der Waals surface area contributed by atoms with Crippen molar-refractivity contribution < 1.29 is 4.79 Å². The maximum absolute atomic E-state index is 12.5. The van der Waals surface area contributed by atoms with Gasteiger partial charge in [-0.25, -0.2) is 0 Å². The fourth-order valence-electron chi connectivity index (χ4n) is 4.68. The predicted octanol–water partition coefficient (Wildman–Crippen LogP) is 3.69. The standard InChI is InChI=1S/C27H30N6O/c1-20(29-25(34)13-12-21-7-3-2-4-8-21)27-31-30-24-14-16-32(17-18-33(24)27)19-23-10-5-9-22-11-6-15-28-26(22)23/h2-11,15,20H,12-14,16-19H2,1H3,(H,29,34)/t20-/m1/s1. The molecule has 1 aliphatic rings. The van der Waals surface area contributed by atoms with Gasteiger partial charge in [0.2, 0.25) is 5.91 Å². The molecule has 1 N–H and O–H groups in total. The number of fused-ring (bicyclic) bond motifs is 2. The lowest BCUT2D eigenvalue weighted by Crippen LogP contribution is -2.30. The number of carbonyl (C=O) groups excluding carboxylic acids is 1. The zero-order valence-electron chi connectivity index (χ0n) is 19.5. The van der Waals surface area contributed by atoms with Gasteiger partial charge in [-0.1, -0.05) is 54.6 Å². The summed E-state index contributed by atoms with van der Waals surface area (Å²) in [5.74, 6) is 1.85. The van der Waals surface area contributed by atoms with E-state index in [1.165, 1.54) is 16.5 Å². The summed E-state index contributed by atoms with van der Waals surface area (Å²) in [6.45, 7) is 5.46. The highest BCUT2D eigenvalue weighted by atomic mass is 16.1. The molecule has 0 aliphatic carbocycles. The maximum atomic E-state index is 12.5. The van der Waals surface area contributed by atoms with Gasteiger partial charge in [0.1, 0.15) is 5.82 Å². The molecule has 0 radical (unpaired) electrons. The molecule has 1 amide bonds. The lowest BCUT2D eigenvalue weighted by molar-refractivity contribution is -0.121. The molecular weight excluding hydrogens is 424 g/mol. The van der Waals surface area contributed by atoms with Crippen LogP contribution in [0.15, 0.2) is 66.9 Å². The smallest absolute Gasteiger partial charge is 0.220 e. The third kappa shape index (κ3) is 4.99. The van der Waals surface area contributed by atoms with E-state index < -0.39 is 0 Å². The van der Waals surface area contributed by atoms with Crippen molar-refractivity contribution in [3.63, 3.8) is 0 Å². The molecule has 0 unspecified atom stereocenters. The van der Waals surface area contributed by atoms with E-state index >= 15 is 0 Å². The number of aromatic nitrogens is 4. The van der Waals surface area contributed by atoms with Crippen molar-refractivity contribution in [3.8, 4) is 0 Å². The van der Waals surface area contributed by atoms with Gasteiger partial charge in [0.25, 0.3) is 0 Å². The van der Waals surface area contributed by atoms with E-state index in [1.54, 1.807) is 0 Å². The zero-order valence-corrected chi connectivity index (χ0v) is 19.5. The molecule has 7 heteroatoms. The molecule has 0 fully saturated rings. The average Bonchev–Trinajstić information content (AvgIpc) is 3.18. The SMILES string of the molecule is C[C@@H](NC(=O)CCc1ccccc1)c1nnc2n1CCN(Cc1cccc3cccnc13)CC2. The van der Waals surface area contributed by atoms with Crippen LogP contribution in [-0.4, -0.2) is 43.6 Å². The van der Waals surface area contributed by atoms with Gasteiger partial charge in [-0.3, -0.25) is 14.7 Å². The highest BCUT2D eigenvalue weighted by molar-refractivity contribution is 5.81. The minimum Gasteiger partial charge on any atom is -0.346 e. The minimum atomic E-state index is -0.182. The van der Waals surface area contributed by atoms with Crippen molar-refractivity contribution in [2.24, 2.45) is 0 Å². The van der Waals surface area contributed by atoms with Crippen LogP contribution in [0.5, 0.6) is 0 Å². The Morgan fingerprint density at radius 2 is 1.85 bits per heavy atom. The van der Waals surface area contributed by atoms with E-state index in [0.717, 1.165) is 56.2 Å². The maximum Gasteiger partial charge on any atom is 0.220 e. The summed E-state index contributed by atoms with van der Waals surface area (Å²) >= 11 is 0. The number of hydrogen-bond donors (Lipinski definition) is 1. The fourth-order valence-corrected chi connectivity index (χ4v) is 4.68. The molecule has 7 nitrogen and oxygen atoms in total. The Bertz CT molecular complexity index is 1260. The summed E-state index contributed by atoms with van der Waals surface area (Å²) in [7, 11) is 0. The number of nitrogens with one attached hydrogen (secondary N) is 1. The summed E-state index contributed by atoms with van der Waals surface area (Å²) in [6, 6.07) is 20.4. The Kier molecular flexibility index (Phi) is 6.62. The van der Waals surface area contributed by atoms with Crippen LogP contribution >= 0.6 is 0 Å². The summed E-state index contributed by atoms with van der Waals surface area (Å²) in [5, 5.41) is 13.2. The van der Waals surface area contributed by atoms with Gasteiger partial charge in [-0.2, -0.15) is 0 Å². The molecule has 1 aliphatic heterocycles. The molecule has 2 aromatic heterocycles. The van der Waals surface area contributed by atoms with Gasteiger partial charge in [0.05, 0.1) is 11.6 Å². The van der Waals surface area contributed by atoms with Gasteiger partial charge in [0.15, 0.2) is 5.82 Å². The van der Waals surface area contributed by atoms with Crippen LogP contribution in [0.3, 0.4) is 0 Å². The van der Waals surface area contributed by atoms with Gasteiger partial charge >= 0.3 is 0 Å². The van der Waals surface area contributed by atoms with Crippen LogP contribution < -0.4 is 5.32 Å². The highest BCUT2D eigenvalue weighted by Gasteiger charge is 2.23. The van der Waals surface area contributed by atoms with Crippen LogP contribution in [0, 0.1) is 0 Å². The molecule has 0 spiro atoms. The van der Waals surface area contributed by atoms with Gasteiger partial charge in [0, 0.05) is 50.6 Å². The number of benzene rings is 2. The first-order chi connectivity index (χ1) is 16.7. The number of amides is 1. The summed E-state index contributed by atoms with van der Waals surface area (Å²) in [5.41, 5.74) is 3.49. The summed E-state index contributed by atoms with van der Waals surface area (Å²) < 4.78 is 2.18. The number of hydrogen-bond acceptors (Lipinski definition) is 5. The van der Waals surface area contributed by atoms with Crippen LogP contribution in [0.4, 0.5) is 0 Å². The topological polar surface area (TPSA) is 75.9 Å². The van der Waals surface area contributed by atoms with E-state index in [0.29, 0.717) is 6.42 Å². The average molecular weight is 455 g/mol. The van der Waals surface area contributed by atoms with Crippen molar-refractivity contribution in [1.29, 1.82) is 0 Å². The van der Waals surface area contributed by atoms with Gasteiger partial charge in [-0.15, -0.1) is 10.2 Å². The molecule has 174 valence electrons. The van der Waals surface area contributed by atoms with Crippen molar-refractivity contribution in [2.75, 3.05) is 13.1 Å². The monoisotopic (exact) mass is 454 g/mol. The molecule has 0 saturated heterocycles. The second kappa shape index (κ2) is 10.1. The number of nitrogens with zero attached hydrogens (tertiary/aromatic N) is 5. The zero-order chi connectivity index (χ0) is 23.3. The predicted molar refractivity (Wildman–Crippen MR) is 132 cm³/mol. The molecule has 4 aromatic rings. The molecule has 1 atom stereocenters. The highest BCUT2D eigenvalue weighted by Crippen LogP contribution is 2.20. The Morgan fingerprint density at radius 1 is 1.00 bits per heavy atom. The third-order valence-corrected chi connectivity index (χ3v) is 6.51. The fraction of sp³-hybridized carbons (Fsp3) is 0.333. The number of rotatable bonds is 7. The molecule has 0 bridgehead atoms. The lowest BCUT2D eigenvalue weighted by atomic mass is 10.1. The first-order valence-corrected chi connectivity index (χ1v) is 12.0. The van der Waals surface area contributed by atoms with E-state index in [2.05, 4.69) is 66.4 Å². The second-order valence-corrected chi connectivity index (χ2v) is 8.92. The Morgan fingerprint density at radius 3 is 2.74 bits per heavy atom. The second-order valence-electron chi connectivity index (χ2n) is 8.92. The summed E-state index contributed by atoms with van der Waals surface area (Å²) in [4.78, 5) is 19.6. The summed E-state index contributed by atoms with van der Waals surface area (Å²) in [6.07, 6.45) is 3.88. The van der Waals surface area contributed by atoms with Crippen LogP contribution in [-0.2, 0) is 30.7 Å². The molecule has 3 heterocycles. The van der Waals surface area contributed by atoms with Gasteiger partial charge in [-0.05, 0) is 30.5 Å². The number of aryl methyl sites for hydroxylation is 1. The van der Waals surface area contributed by atoms with E-state index in [-0.39, 0.29) is 11.9 Å². The van der Waals surface area contributed by atoms with Crippen molar-refractivity contribution in [1.82, 2.24) is 30.0 Å². The molecular formula is C27H30N6O. The number of pyridine rings is 1. The first kappa shape index (κ1) is 22.2. The Labute approximate surface area is 199 Å². The largest absolute Gasteiger partial charge is 0.346 e. The van der Waals surface area contributed by atoms with Crippen LogP contribution in [0.25, 0.3) is 10.9 Å². The lowest BCUT2D eigenvalue weighted by Gasteiger charge is -2.21. The minimum absolute atomic E-state index is 0.0346. The van der Waals surface area contributed by atoms with Crippen molar-refractivity contribution in [2.45, 2.75) is 45.3 Å². The molecule has 34 heavy (non-hydrogen) atoms. The number of carbonyl (C=O) groups is 1. The molecule has 5 rings (SSSR count). The van der Waals surface area contributed by atoms with Crippen molar-refractivity contribution in [3.05, 3.63) is 89.6 Å². The molecule has 0 saturated carbocycles. The third-order valence-electron chi connectivity index (χ3n) is 6.51. The number of para-hydroxylation sites is 1. The molecule has 2 aromatic carbocycles. The van der Waals surface area contributed by atoms with Gasteiger partial charge < -0.3 is 9.88 Å². The quantitative estimate of drug-likeness (QED) is 0.461. The van der Waals surface area contributed by atoms with Crippen LogP contribution in [0.1, 0.15) is 42.2 Å². The first-order valence-electron chi connectivity index (χ1n) is 12.0. The Hall–Kier alpha value is -3.58. The normalized spacial score (nSPS) is 15.0. The Balaban J connectivity index is 1.21. The van der Waals surface area contributed by atoms with Crippen molar-refractivity contribution >= 4 is 16.8 Å². The van der Waals surface area contributed by atoms with Crippen LogP contribution in [0.2, 0.25) is 0 Å². The van der Waals surface area contributed by atoms with E-state index in [9.17, 15) is 4.79 Å². The van der Waals surface area contributed by atoms with E-state index in [4.69, 9.17) is 0 Å². The van der Waals surface area contributed by atoms with E-state index in [1.807, 2.05) is 37.4 Å².